The second-order valence-corrected chi connectivity index (χ2v) is 7.11. The summed E-state index contributed by atoms with van der Waals surface area (Å²) < 4.78 is 40.9. The maximum absolute atomic E-state index is 13.4. The highest BCUT2D eigenvalue weighted by Gasteiger charge is 2.19. The molecule has 0 aliphatic rings. The first-order valence-electron chi connectivity index (χ1n) is 7.39. The van der Waals surface area contributed by atoms with Crippen LogP contribution in [0.25, 0.3) is 0 Å². The zero-order valence-corrected chi connectivity index (χ0v) is 14.1. The number of nitrogens with one attached hydrogen (secondary N) is 1. The zero-order chi connectivity index (χ0) is 17.9. The van der Waals surface area contributed by atoms with E-state index < -0.39 is 27.4 Å². The SMILES string of the molecule is CC[C@H](C)c1ccccc1NS(=O)(=O)c1ccc(F)c(C(=O)[O-])c1. The minimum atomic E-state index is -4.06. The fourth-order valence-electron chi connectivity index (χ4n) is 2.27. The van der Waals surface area contributed by atoms with E-state index in [9.17, 15) is 22.7 Å². The van der Waals surface area contributed by atoms with Gasteiger partial charge >= 0.3 is 0 Å². The predicted molar refractivity (Wildman–Crippen MR) is 86.7 cm³/mol. The van der Waals surface area contributed by atoms with Crippen LogP contribution in [-0.2, 0) is 10.0 Å². The van der Waals surface area contributed by atoms with E-state index >= 15 is 0 Å². The lowest BCUT2D eigenvalue weighted by Crippen LogP contribution is -2.24. The third kappa shape index (κ3) is 3.73. The Morgan fingerprint density at radius 3 is 2.54 bits per heavy atom. The molecule has 0 fully saturated rings. The van der Waals surface area contributed by atoms with Crippen LogP contribution in [0.15, 0.2) is 47.4 Å². The molecule has 2 aromatic rings. The van der Waals surface area contributed by atoms with Gasteiger partial charge in [0.1, 0.15) is 5.82 Å². The Kier molecular flexibility index (Phi) is 5.23. The molecule has 0 saturated carbocycles. The van der Waals surface area contributed by atoms with Crippen LogP contribution in [0, 0.1) is 5.82 Å². The summed E-state index contributed by atoms with van der Waals surface area (Å²) in [6, 6.07) is 9.51. The van der Waals surface area contributed by atoms with Crippen LogP contribution < -0.4 is 9.83 Å². The second-order valence-electron chi connectivity index (χ2n) is 5.43. The van der Waals surface area contributed by atoms with E-state index in [4.69, 9.17) is 0 Å². The molecule has 0 heterocycles. The molecule has 0 amide bonds. The topological polar surface area (TPSA) is 86.3 Å². The van der Waals surface area contributed by atoms with Gasteiger partial charge in [-0.3, -0.25) is 4.72 Å². The van der Waals surface area contributed by atoms with Crippen molar-refractivity contribution in [1.29, 1.82) is 0 Å². The van der Waals surface area contributed by atoms with Gasteiger partial charge < -0.3 is 9.90 Å². The first-order chi connectivity index (χ1) is 11.3. The van der Waals surface area contributed by atoms with Gasteiger partial charge in [-0.25, -0.2) is 12.8 Å². The smallest absolute Gasteiger partial charge is 0.261 e. The summed E-state index contributed by atoms with van der Waals surface area (Å²) in [5, 5.41) is 10.9. The molecule has 24 heavy (non-hydrogen) atoms. The molecule has 2 rings (SSSR count). The van der Waals surface area contributed by atoms with Gasteiger partial charge in [0.25, 0.3) is 10.0 Å². The van der Waals surface area contributed by atoms with Gasteiger partial charge in [0.15, 0.2) is 0 Å². The standard InChI is InChI=1S/C17H18FNO4S/c1-3-11(2)13-6-4-5-7-16(13)19-24(22,23)12-8-9-15(18)14(10-12)17(20)21/h4-11,19H,3H2,1-2H3,(H,20,21)/p-1/t11-/m0/s1. The van der Waals surface area contributed by atoms with E-state index in [0.29, 0.717) is 5.69 Å². The van der Waals surface area contributed by atoms with Gasteiger partial charge in [0, 0.05) is 5.56 Å². The number of aromatic carboxylic acids is 1. The first-order valence-corrected chi connectivity index (χ1v) is 8.87. The number of benzene rings is 2. The number of carboxylic acid groups (broad SMARTS) is 1. The van der Waals surface area contributed by atoms with E-state index in [1.54, 1.807) is 12.1 Å². The number of hydrogen-bond acceptors (Lipinski definition) is 4. The Labute approximate surface area is 140 Å². The minimum absolute atomic E-state index is 0.135. The second kappa shape index (κ2) is 7.00. The van der Waals surface area contributed by atoms with E-state index in [2.05, 4.69) is 4.72 Å². The number of halogens is 1. The molecule has 7 heteroatoms. The summed E-state index contributed by atoms with van der Waals surface area (Å²) in [6.07, 6.45) is 0.824. The monoisotopic (exact) mass is 350 g/mol. The van der Waals surface area contributed by atoms with Crippen molar-refractivity contribution >= 4 is 21.7 Å². The van der Waals surface area contributed by atoms with Crippen LogP contribution in [0.5, 0.6) is 0 Å². The van der Waals surface area contributed by atoms with E-state index in [1.807, 2.05) is 26.0 Å². The molecule has 1 N–H and O–H groups in total. The van der Waals surface area contributed by atoms with Crippen molar-refractivity contribution in [2.24, 2.45) is 0 Å². The van der Waals surface area contributed by atoms with Crippen LogP contribution >= 0.6 is 0 Å². The molecule has 0 spiro atoms. The molecule has 5 nitrogen and oxygen atoms in total. The number of hydrogen-bond donors (Lipinski definition) is 1. The summed E-state index contributed by atoms with van der Waals surface area (Å²) in [6.45, 7) is 3.96. The largest absolute Gasteiger partial charge is 0.545 e. The Bertz CT molecular complexity index is 865. The normalized spacial score (nSPS) is 12.6. The number of carbonyl (C=O) groups excluding carboxylic acids is 1. The minimum Gasteiger partial charge on any atom is -0.545 e. The van der Waals surface area contributed by atoms with Crippen molar-refractivity contribution in [2.45, 2.75) is 31.1 Å². The Hall–Kier alpha value is -2.41. The quantitative estimate of drug-likeness (QED) is 0.867. The molecule has 0 aliphatic carbocycles. The third-order valence-corrected chi connectivity index (χ3v) is 5.18. The van der Waals surface area contributed by atoms with Crippen molar-refractivity contribution in [3.8, 4) is 0 Å². The Balaban J connectivity index is 2.43. The Morgan fingerprint density at radius 1 is 1.25 bits per heavy atom. The van der Waals surface area contributed by atoms with E-state index in [-0.39, 0.29) is 10.8 Å². The molecule has 0 radical (unpaired) electrons. The van der Waals surface area contributed by atoms with E-state index in [0.717, 1.165) is 30.2 Å². The van der Waals surface area contributed by atoms with Crippen molar-refractivity contribution in [2.75, 3.05) is 4.72 Å². The number of anilines is 1. The average molecular weight is 350 g/mol. The molecule has 0 aromatic heterocycles. The Morgan fingerprint density at radius 2 is 1.92 bits per heavy atom. The average Bonchev–Trinajstić information content (AvgIpc) is 2.54. The number of carboxylic acids is 1. The number of sulfonamides is 1. The van der Waals surface area contributed by atoms with Gasteiger partial charge in [-0.2, -0.15) is 0 Å². The molecule has 0 aliphatic heterocycles. The van der Waals surface area contributed by atoms with Crippen LogP contribution in [0.2, 0.25) is 0 Å². The summed E-state index contributed by atoms with van der Waals surface area (Å²) in [4.78, 5) is 10.5. The fourth-order valence-corrected chi connectivity index (χ4v) is 3.38. The summed E-state index contributed by atoms with van der Waals surface area (Å²) in [7, 11) is -4.06. The highest BCUT2D eigenvalue weighted by Crippen LogP contribution is 2.28. The number of rotatable bonds is 6. The van der Waals surface area contributed by atoms with Gasteiger partial charge in [-0.15, -0.1) is 0 Å². The first kappa shape index (κ1) is 17.9. The van der Waals surface area contributed by atoms with E-state index in [1.165, 1.54) is 0 Å². The highest BCUT2D eigenvalue weighted by molar-refractivity contribution is 7.92. The molecular formula is C17H17FNO4S-. The molecule has 2 aromatic carbocycles. The lowest BCUT2D eigenvalue weighted by atomic mass is 9.97. The van der Waals surface area contributed by atoms with Crippen molar-refractivity contribution in [1.82, 2.24) is 0 Å². The molecular weight excluding hydrogens is 333 g/mol. The maximum atomic E-state index is 13.4. The van der Waals surface area contributed by atoms with Gasteiger partial charge in [0.2, 0.25) is 0 Å². The lowest BCUT2D eigenvalue weighted by molar-refractivity contribution is -0.255. The van der Waals surface area contributed by atoms with Gasteiger partial charge in [0.05, 0.1) is 16.6 Å². The number of carbonyl (C=O) groups is 1. The molecule has 0 unspecified atom stereocenters. The van der Waals surface area contributed by atoms with Gasteiger partial charge in [-0.05, 0) is 42.2 Å². The predicted octanol–water partition coefficient (Wildman–Crippen LogP) is 2.50. The van der Waals surface area contributed by atoms with Crippen LogP contribution in [0.4, 0.5) is 10.1 Å². The highest BCUT2D eigenvalue weighted by atomic mass is 32.2. The maximum Gasteiger partial charge on any atom is 0.261 e. The van der Waals surface area contributed by atoms with Crippen LogP contribution in [0.1, 0.15) is 42.1 Å². The zero-order valence-electron chi connectivity index (χ0n) is 13.2. The summed E-state index contributed by atoms with van der Waals surface area (Å²) in [5.41, 5.74) is 0.435. The third-order valence-electron chi connectivity index (χ3n) is 3.82. The van der Waals surface area contributed by atoms with Gasteiger partial charge in [-0.1, -0.05) is 32.0 Å². The molecule has 128 valence electrons. The molecule has 0 saturated heterocycles. The molecule has 1 atom stereocenters. The van der Waals surface area contributed by atoms with Crippen molar-refractivity contribution in [3.63, 3.8) is 0 Å². The number of para-hydroxylation sites is 1. The van der Waals surface area contributed by atoms with Crippen molar-refractivity contribution < 1.29 is 22.7 Å². The van der Waals surface area contributed by atoms with Crippen LogP contribution in [-0.4, -0.2) is 14.4 Å². The lowest BCUT2D eigenvalue weighted by Gasteiger charge is -2.17. The molecule has 0 bridgehead atoms. The fraction of sp³-hybridized carbons (Fsp3) is 0.235. The van der Waals surface area contributed by atoms with Crippen LogP contribution in [0.3, 0.4) is 0 Å². The summed E-state index contributed by atoms with van der Waals surface area (Å²) >= 11 is 0. The summed E-state index contributed by atoms with van der Waals surface area (Å²) in [5.74, 6) is -2.69. The van der Waals surface area contributed by atoms with Crippen molar-refractivity contribution in [3.05, 3.63) is 59.4 Å².